The van der Waals surface area contributed by atoms with Crippen molar-refractivity contribution in [1.29, 1.82) is 0 Å². The minimum atomic E-state index is -0.545. The number of anilines is 3. The predicted octanol–water partition coefficient (Wildman–Crippen LogP) is 5.85. The van der Waals surface area contributed by atoms with Gasteiger partial charge in [-0.25, -0.2) is 33.7 Å². The van der Waals surface area contributed by atoms with Crippen LogP contribution in [-0.2, 0) is 37.1 Å². The monoisotopic (exact) mass is 912 g/mol. The molecule has 0 aliphatic carbocycles. The fraction of sp³-hybridized carbons (Fsp3) is 0.227. The lowest BCUT2D eigenvalue weighted by Crippen LogP contribution is -2.23. The molecule has 0 saturated carbocycles. The Balaban J connectivity index is 0.000000182. The van der Waals surface area contributed by atoms with Crippen molar-refractivity contribution in [2.75, 3.05) is 42.1 Å². The minimum Gasteiger partial charge on any atom is -0.422 e. The van der Waals surface area contributed by atoms with Gasteiger partial charge >= 0.3 is 0 Å². The van der Waals surface area contributed by atoms with Gasteiger partial charge in [0.05, 0.1) is 40.4 Å². The lowest BCUT2D eigenvalue weighted by molar-refractivity contribution is -0.383. The van der Waals surface area contributed by atoms with E-state index < -0.39 is 10.7 Å². The Morgan fingerprint density at radius 2 is 1.22 bits per heavy atom. The number of aromatic nitrogens is 10. The number of nitro benzene ring substituents is 1. The van der Waals surface area contributed by atoms with Gasteiger partial charge in [0.2, 0.25) is 5.91 Å². The number of oxazole rings is 2. The molecule has 9 aromatic rings. The zero-order valence-electron chi connectivity index (χ0n) is 35.6. The van der Waals surface area contributed by atoms with Crippen molar-refractivity contribution < 1.29 is 27.3 Å². The largest absolute Gasteiger partial charge is 0.422 e. The van der Waals surface area contributed by atoms with Crippen molar-refractivity contribution in [3.8, 4) is 0 Å². The summed E-state index contributed by atoms with van der Waals surface area (Å²) >= 11 is 0. The maximum atomic E-state index is 13.8. The van der Waals surface area contributed by atoms with Gasteiger partial charge < -0.3 is 40.4 Å². The highest BCUT2D eigenvalue weighted by Crippen LogP contribution is 2.24. The first-order chi connectivity index (χ1) is 32.8. The summed E-state index contributed by atoms with van der Waals surface area (Å²) < 4.78 is 39.0. The highest BCUT2D eigenvalue weighted by molar-refractivity contribution is 5.93. The number of nitro groups is 1. The molecule has 21 nitrogen and oxygen atoms in total. The third kappa shape index (κ3) is 12.0. The van der Waals surface area contributed by atoms with Gasteiger partial charge in [0, 0.05) is 70.3 Å². The van der Waals surface area contributed by atoms with Gasteiger partial charge in [-0.3, -0.25) is 24.9 Å². The van der Waals surface area contributed by atoms with E-state index in [0.717, 1.165) is 29.8 Å². The van der Waals surface area contributed by atoms with E-state index in [1.807, 2.05) is 24.3 Å². The molecule has 0 radical (unpaired) electrons. The fourth-order valence-electron chi connectivity index (χ4n) is 6.62. The number of para-hydroxylation sites is 4. The van der Waals surface area contributed by atoms with Crippen LogP contribution in [0.3, 0.4) is 0 Å². The Morgan fingerprint density at radius 3 is 1.82 bits per heavy atom. The molecule has 0 saturated heterocycles. The van der Waals surface area contributed by atoms with Crippen LogP contribution in [0.25, 0.3) is 33.5 Å². The number of hydrogen-bond donors (Lipinski definition) is 6. The van der Waals surface area contributed by atoms with Crippen molar-refractivity contribution in [2.45, 2.75) is 38.8 Å². The number of rotatable bonds is 20. The molecule has 1 amide bonds. The number of halogens is 2. The number of benzene rings is 2. The van der Waals surface area contributed by atoms with Crippen molar-refractivity contribution in [1.82, 2.24) is 60.5 Å². The maximum Gasteiger partial charge on any atom is 0.292 e. The molecular formula is C44H42F2N16O5. The molecule has 2 aromatic carbocycles. The normalized spacial score (nSPS) is 11.1. The summed E-state index contributed by atoms with van der Waals surface area (Å²) in [6.45, 7) is 2.61. The van der Waals surface area contributed by atoms with E-state index in [1.165, 1.54) is 55.2 Å². The molecule has 23 heteroatoms. The Kier molecular flexibility index (Phi) is 14.8. The van der Waals surface area contributed by atoms with Crippen LogP contribution in [0.2, 0.25) is 0 Å². The molecule has 67 heavy (non-hydrogen) atoms. The molecule has 0 atom stereocenters. The number of nitrogens with one attached hydrogen (secondary N) is 6. The van der Waals surface area contributed by atoms with Crippen LogP contribution in [0.4, 0.5) is 31.8 Å². The van der Waals surface area contributed by atoms with Crippen molar-refractivity contribution in [2.24, 2.45) is 0 Å². The third-order valence-electron chi connectivity index (χ3n) is 9.91. The van der Waals surface area contributed by atoms with Crippen LogP contribution in [-0.4, -0.2) is 86.8 Å². The first-order valence-electron chi connectivity index (χ1n) is 21.0. The van der Waals surface area contributed by atoms with Gasteiger partial charge in [0.25, 0.3) is 17.1 Å². The van der Waals surface area contributed by atoms with Crippen LogP contribution < -0.4 is 26.6 Å². The summed E-state index contributed by atoms with van der Waals surface area (Å²) in [5.41, 5.74) is 4.19. The molecule has 7 heterocycles. The van der Waals surface area contributed by atoms with Gasteiger partial charge in [-0.1, -0.05) is 24.3 Å². The minimum absolute atomic E-state index is 0.122. The van der Waals surface area contributed by atoms with E-state index in [0.29, 0.717) is 84.0 Å². The lowest BCUT2D eigenvalue weighted by atomic mass is 10.2. The van der Waals surface area contributed by atoms with Crippen LogP contribution in [0, 0.1) is 21.7 Å². The van der Waals surface area contributed by atoms with Crippen LogP contribution in [0.15, 0.2) is 107 Å². The average molecular weight is 913 g/mol. The highest BCUT2D eigenvalue weighted by Gasteiger charge is 2.17. The van der Waals surface area contributed by atoms with Gasteiger partial charge in [0.1, 0.15) is 35.8 Å². The van der Waals surface area contributed by atoms with Gasteiger partial charge in [-0.2, -0.15) is 9.97 Å². The van der Waals surface area contributed by atoms with Crippen molar-refractivity contribution in [3.05, 3.63) is 149 Å². The van der Waals surface area contributed by atoms with E-state index in [2.05, 4.69) is 76.4 Å². The zero-order valence-corrected chi connectivity index (χ0v) is 35.6. The molecule has 0 bridgehead atoms. The summed E-state index contributed by atoms with van der Waals surface area (Å²) in [6.07, 6.45) is 7.72. The Bertz CT molecular complexity index is 3080. The van der Waals surface area contributed by atoms with E-state index in [9.17, 15) is 23.7 Å². The number of aromatic amines is 1. The molecule has 0 aliphatic rings. The topological polar surface area (TPSA) is 278 Å². The van der Waals surface area contributed by atoms with Crippen molar-refractivity contribution in [3.63, 3.8) is 0 Å². The summed E-state index contributed by atoms with van der Waals surface area (Å²) in [5.74, 6) is 1.67. The number of pyridine rings is 2. The maximum absolute atomic E-state index is 13.8. The smallest absolute Gasteiger partial charge is 0.292 e. The number of H-pyrrole nitrogens is 1. The predicted molar refractivity (Wildman–Crippen MR) is 242 cm³/mol. The Hall–Kier alpha value is -8.44. The molecule has 0 unspecified atom stereocenters. The molecule has 342 valence electrons. The second-order valence-electron chi connectivity index (χ2n) is 14.6. The van der Waals surface area contributed by atoms with Crippen LogP contribution >= 0.6 is 0 Å². The molecular weight excluding hydrogens is 871 g/mol. The summed E-state index contributed by atoms with van der Waals surface area (Å²) in [4.78, 5) is 64.0. The fourth-order valence-corrected chi connectivity index (χ4v) is 6.62. The van der Waals surface area contributed by atoms with E-state index >= 15 is 0 Å². The number of fused-ring (bicyclic) bond motifs is 3. The summed E-state index contributed by atoms with van der Waals surface area (Å²) in [7, 11) is 0. The number of amides is 1. The van der Waals surface area contributed by atoms with Gasteiger partial charge in [0.15, 0.2) is 34.5 Å². The first-order valence-corrected chi connectivity index (χ1v) is 21.0. The number of carbonyl (C=O) groups is 1. The number of carbonyl (C=O) groups excluding carboxylic acids is 1. The molecule has 0 aliphatic heterocycles. The molecule has 0 fully saturated rings. The molecule has 7 aromatic heterocycles. The second-order valence-corrected chi connectivity index (χ2v) is 14.6. The number of imidazole rings is 1. The van der Waals surface area contributed by atoms with E-state index in [1.54, 1.807) is 18.3 Å². The second kappa shape index (κ2) is 22.0. The van der Waals surface area contributed by atoms with Gasteiger partial charge in [-0.05, 0) is 42.5 Å². The standard InChI is InChI=1S/C22H21FN8O4.C22H21FN8O/c23-14-4-3-9-25-16(14)12-26-21-20-22(28-13-27-21)35-19(30-20)8-11-24-10-7-18(32)29-15-5-1-2-6-17(15)31(33)34;23-14-4-3-9-25-17(14)12-26-21-20-22(28-13-27-21)32-19(31-20)8-11-24-10-7-18-29-15-5-1-2-6-16(15)30-18/h1-6,9,13,24H,7-8,10-12H2,(H,29,32)(H,26,27,28);1-6,9,13,24H,7-8,10-12H2,(H,29,30)(H,26,27,28). The third-order valence-corrected chi connectivity index (χ3v) is 9.91. The average Bonchev–Trinajstić information content (AvgIpc) is 4.08. The molecule has 9 rings (SSSR count). The van der Waals surface area contributed by atoms with Crippen LogP contribution in [0.1, 0.15) is 35.4 Å². The quantitative estimate of drug-likeness (QED) is 0.0297. The van der Waals surface area contributed by atoms with E-state index in [4.69, 9.17) is 8.83 Å². The Morgan fingerprint density at radius 1 is 0.657 bits per heavy atom. The van der Waals surface area contributed by atoms with Crippen molar-refractivity contribution >= 4 is 62.4 Å². The van der Waals surface area contributed by atoms with Crippen LogP contribution in [0.5, 0.6) is 0 Å². The number of nitrogens with zero attached hydrogens (tertiary/aromatic N) is 10. The SMILES string of the molecule is Fc1cccnc1CNc1ncnc2oc(CCNCCc3nc4ccccc4[nH]3)nc12.O=C(CCNCCc1nc2c(NCc3ncccc3F)ncnc2o1)Nc1ccccc1[N+](=O)[O-]. The number of hydrogen-bond acceptors (Lipinski definition) is 18. The zero-order chi connectivity index (χ0) is 46.4. The lowest BCUT2D eigenvalue weighted by Gasteiger charge is -2.06. The summed E-state index contributed by atoms with van der Waals surface area (Å²) in [6, 6.07) is 19.7. The highest BCUT2D eigenvalue weighted by atomic mass is 19.1. The molecule has 6 N–H and O–H groups in total. The van der Waals surface area contributed by atoms with E-state index in [-0.39, 0.29) is 48.3 Å². The Labute approximate surface area is 378 Å². The first kappa shape index (κ1) is 45.1. The molecule has 0 spiro atoms. The summed E-state index contributed by atoms with van der Waals surface area (Å²) in [5, 5.41) is 26.1. The van der Waals surface area contributed by atoms with Gasteiger partial charge in [-0.15, -0.1) is 0 Å².